The summed E-state index contributed by atoms with van der Waals surface area (Å²) in [6.07, 6.45) is 1.81. The summed E-state index contributed by atoms with van der Waals surface area (Å²) >= 11 is 0. The van der Waals surface area contributed by atoms with E-state index in [4.69, 9.17) is 4.74 Å². The molecule has 18 heavy (non-hydrogen) atoms. The van der Waals surface area contributed by atoms with Crippen LogP contribution in [0.3, 0.4) is 0 Å². The molecule has 0 fully saturated rings. The smallest absolute Gasteiger partial charge is 0.414 e. The summed E-state index contributed by atoms with van der Waals surface area (Å²) in [6, 6.07) is 3.24. The summed E-state index contributed by atoms with van der Waals surface area (Å²) in [5, 5.41) is 0. The maximum absolute atomic E-state index is 13.0. The van der Waals surface area contributed by atoms with E-state index in [1.54, 1.807) is 0 Å². The normalized spacial score (nSPS) is 10.2. The molecule has 0 aliphatic heterocycles. The Balaban J connectivity index is 2.54. The summed E-state index contributed by atoms with van der Waals surface area (Å²) in [7, 11) is 1.44. The van der Waals surface area contributed by atoms with Gasteiger partial charge in [0.15, 0.2) is 11.6 Å². The Morgan fingerprint density at radius 3 is 2.67 bits per heavy atom. The Labute approximate surface area is 105 Å². The van der Waals surface area contributed by atoms with E-state index < -0.39 is 17.7 Å². The zero-order chi connectivity index (χ0) is 13.5. The van der Waals surface area contributed by atoms with Gasteiger partial charge in [0.25, 0.3) is 0 Å². The van der Waals surface area contributed by atoms with Crippen LogP contribution in [0, 0.1) is 18.6 Å². The third-order valence-electron chi connectivity index (χ3n) is 2.43. The summed E-state index contributed by atoms with van der Waals surface area (Å²) in [4.78, 5) is 12.7. The molecular weight excluding hydrogens is 240 g/mol. The van der Waals surface area contributed by atoms with Crippen LogP contribution in [-0.2, 0) is 4.74 Å². The fourth-order valence-corrected chi connectivity index (χ4v) is 1.33. The SMILES string of the molecule is [CH2]CCCCOC(=O)N(C)c1ccc(F)c(F)c1. The van der Waals surface area contributed by atoms with Gasteiger partial charge in [-0.3, -0.25) is 4.90 Å². The Morgan fingerprint density at radius 1 is 1.33 bits per heavy atom. The molecule has 0 atom stereocenters. The van der Waals surface area contributed by atoms with Gasteiger partial charge in [-0.15, -0.1) is 0 Å². The molecule has 5 heteroatoms. The molecule has 0 spiro atoms. The molecule has 1 aromatic carbocycles. The van der Waals surface area contributed by atoms with E-state index in [0.29, 0.717) is 6.61 Å². The van der Waals surface area contributed by atoms with Crippen LogP contribution in [0.4, 0.5) is 19.3 Å². The molecule has 0 aliphatic carbocycles. The number of ether oxygens (including phenoxy) is 1. The van der Waals surface area contributed by atoms with Crippen molar-refractivity contribution in [2.24, 2.45) is 0 Å². The molecule has 0 unspecified atom stereocenters. The average molecular weight is 256 g/mol. The Hall–Kier alpha value is -1.65. The predicted molar refractivity (Wildman–Crippen MR) is 65.3 cm³/mol. The highest BCUT2D eigenvalue weighted by molar-refractivity contribution is 5.86. The van der Waals surface area contributed by atoms with E-state index in [1.807, 2.05) is 0 Å². The largest absolute Gasteiger partial charge is 0.449 e. The lowest BCUT2D eigenvalue weighted by molar-refractivity contribution is 0.153. The monoisotopic (exact) mass is 256 g/mol. The number of hydrogen-bond donors (Lipinski definition) is 0. The van der Waals surface area contributed by atoms with Gasteiger partial charge >= 0.3 is 6.09 Å². The standard InChI is InChI=1S/C13H16F2NO2/c1-3-4-5-8-18-13(17)16(2)10-6-7-11(14)12(15)9-10/h6-7,9H,1,3-5,8H2,2H3. The van der Waals surface area contributed by atoms with Gasteiger partial charge in [-0.2, -0.15) is 0 Å². The molecule has 0 bridgehead atoms. The highest BCUT2D eigenvalue weighted by Gasteiger charge is 2.13. The second-order valence-corrected chi connectivity index (χ2v) is 3.83. The molecule has 1 radical (unpaired) electrons. The quantitative estimate of drug-likeness (QED) is 0.754. The average Bonchev–Trinajstić information content (AvgIpc) is 2.37. The molecule has 1 aromatic rings. The minimum absolute atomic E-state index is 0.246. The lowest BCUT2D eigenvalue weighted by Gasteiger charge is -2.17. The zero-order valence-electron chi connectivity index (χ0n) is 10.3. The van der Waals surface area contributed by atoms with Gasteiger partial charge in [0, 0.05) is 18.8 Å². The molecule has 0 saturated carbocycles. The Kier molecular flexibility index (Phi) is 5.55. The van der Waals surface area contributed by atoms with Gasteiger partial charge in [-0.1, -0.05) is 19.8 Å². The summed E-state index contributed by atoms with van der Waals surface area (Å²) in [5.41, 5.74) is 0.246. The molecule has 0 heterocycles. The van der Waals surface area contributed by atoms with Crippen molar-refractivity contribution in [2.45, 2.75) is 19.3 Å². The first kappa shape index (κ1) is 14.4. The van der Waals surface area contributed by atoms with E-state index in [9.17, 15) is 13.6 Å². The van der Waals surface area contributed by atoms with Crippen LogP contribution in [0.15, 0.2) is 18.2 Å². The number of benzene rings is 1. The van der Waals surface area contributed by atoms with Crippen LogP contribution < -0.4 is 4.90 Å². The lowest BCUT2D eigenvalue weighted by Crippen LogP contribution is -2.27. The van der Waals surface area contributed by atoms with E-state index in [0.717, 1.165) is 36.3 Å². The highest BCUT2D eigenvalue weighted by atomic mass is 19.2. The van der Waals surface area contributed by atoms with Crippen molar-refractivity contribution in [1.82, 2.24) is 0 Å². The fraction of sp³-hybridized carbons (Fsp3) is 0.385. The summed E-state index contributed by atoms with van der Waals surface area (Å²) in [5.74, 6) is -1.94. The van der Waals surface area contributed by atoms with Crippen LogP contribution in [0.1, 0.15) is 19.3 Å². The van der Waals surface area contributed by atoms with Crippen molar-refractivity contribution >= 4 is 11.8 Å². The molecule has 0 aromatic heterocycles. The number of hydrogen-bond acceptors (Lipinski definition) is 2. The van der Waals surface area contributed by atoms with Crippen LogP contribution in [0.5, 0.6) is 0 Å². The maximum Gasteiger partial charge on any atom is 0.414 e. The van der Waals surface area contributed by atoms with Gasteiger partial charge in [0.1, 0.15) is 0 Å². The first-order valence-electron chi connectivity index (χ1n) is 5.71. The van der Waals surface area contributed by atoms with Crippen LogP contribution in [0.25, 0.3) is 0 Å². The fourth-order valence-electron chi connectivity index (χ4n) is 1.33. The second kappa shape index (κ2) is 6.93. The number of rotatable bonds is 5. The number of carbonyl (C=O) groups is 1. The van der Waals surface area contributed by atoms with Crippen molar-refractivity contribution in [2.75, 3.05) is 18.6 Å². The second-order valence-electron chi connectivity index (χ2n) is 3.83. The van der Waals surface area contributed by atoms with Crippen molar-refractivity contribution < 1.29 is 18.3 Å². The van der Waals surface area contributed by atoms with E-state index in [2.05, 4.69) is 6.92 Å². The third-order valence-corrected chi connectivity index (χ3v) is 2.43. The van der Waals surface area contributed by atoms with E-state index >= 15 is 0 Å². The molecule has 1 amide bonds. The van der Waals surface area contributed by atoms with Crippen LogP contribution in [0.2, 0.25) is 0 Å². The minimum Gasteiger partial charge on any atom is -0.449 e. The van der Waals surface area contributed by atoms with Gasteiger partial charge in [-0.05, 0) is 18.6 Å². The number of unbranched alkanes of at least 4 members (excludes halogenated alkanes) is 2. The number of anilines is 1. The third kappa shape index (κ3) is 3.98. The lowest BCUT2D eigenvalue weighted by atomic mass is 10.3. The first-order chi connectivity index (χ1) is 8.56. The topological polar surface area (TPSA) is 29.5 Å². The number of halogens is 2. The van der Waals surface area contributed by atoms with Crippen molar-refractivity contribution in [3.63, 3.8) is 0 Å². The number of carbonyl (C=O) groups excluding carboxylic acids is 1. The van der Waals surface area contributed by atoms with Crippen molar-refractivity contribution in [3.05, 3.63) is 36.8 Å². The van der Waals surface area contributed by atoms with Crippen LogP contribution >= 0.6 is 0 Å². The summed E-state index contributed by atoms with van der Waals surface area (Å²) < 4.78 is 30.7. The van der Waals surface area contributed by atoms with Gasteiger partial charge in [0.2, 0.25) is 0 Å². The Bertz CT molecular complexity index is 410. The zero-order valence-corrected chi connectivity index (χ0v) is 10.3. The molecule has 0 aliphatic rings. The van der Waals surface area contributed by atoms with Crippen LogP contribution in [-0.4, -0.2) is 19.7 Å². The van der Waals surface area contributed by atoms with Gasteiger partial charge < -0.3 is 4.74 Å². The summed E-state index contributed by atoms with van der Waals surface area (Å²) in [6.45, 7) is 3.97. The van der Waals surface area contributed by atoms with Gasteiger partial charge in [-0.25, -0.2) is 13.6 Å². The number of amides is 1. The molecule has 0 saturated heterocycles. The Morgan fingerprint density at radius 2 is 2.06 bits per heavy atom. The predicted octanol–water partition coefficient (Wildman–Crippen LogP) is 3.54. The molecule has 3 nitrogen and oxygen atoms in total. The van der Waals surface area contributed by atoms with Crippen molar-refractivity contribution in [1.29, 1.82) is 0 Å². The van der Waals surface area contributed by atoms with E-state index in [-0.39, 0.29) is 5.69 Å². The molecule has 1 rings (SSSR count). The van der Waals surface area contributed by atoms with Crippen molar-refractivity contribution in [3.8, 4) is 0 Å². The van der Waals surface area contributed by atoms with E-state index in [1.165, 1.54) is 13.1 Å². The molecule has 0 N–H and O–H groups in total. The molecular formula is C13H16F2NO2. The minimum atomic E-state index is -0.996. The first-order valence-corrected chi connectivity index (χ1v) is 5.71. The highest BCUT2D eigenvalue weighted by Crippen LogP contribution is 2.17. The molecule has 99 valence electrons. The number of nitrogens with zero attached hydrogens (tertiary/aromatic N) is 1. The van der Waals surface area contributed by atoms with Gasteiger partial charge in [0.05, 0.1) is 6.61 Å². The maximum atomic E-state index is 13.0.